The van der Waals surface area contributed by atoms with E-state index in [1.807, 2.05) is 20.8 Å². The third-order valence-corrected chi connectivity index (χ3v) is 10.5. The van der Waals surface area contributed by atoms with Crippen LogP contribution < -0.4 is 41.2 Å². The third-order valence-electron chi connectivity index (χ3n) is 7.45. The molecule has 1 aliphatic rings. The van der Waals surface area contributed by atoms with Gasteiger partial charge in [-0.05, 0) is 13.3 Å². The number of fused-ring (bicyclic) bond motifs is 1. The number of rotatable bonds is 20. The van der Waals surface area contributed by atoms with Crippen molar-refractivity contribution in [1.29, 1.82) is 0 Å². The average molecular weight is 925 g/mol. The quantitative estimate of drug-likeness (QED) is 0.0323. The summed E-state index contributed by atoms with van der Waals surface area (Å²) >= 11 is 0. The second kappa shape index (κ2) is 25.4. The highest BCUT2D eigenvalue weighted by atomic mass is 31.3. The normalized spacial score (nSPS) is 21.2. The molecule has 0 bridgehead atoms. The summed E-state index contributed by atoms with van der Waals surface area (Å²) in [6.07, 6.45) is -4.94. The van der Waals surface area contributed by atoms with Gasteiger partial charge in [-0.15, -0.1) is 0 Å². The Morgan fingerprint density at radius 2 is 1.63 bits per heavy atom. The number of nitrogen functional groups attached to an aromatic ring is 1. The van der Waals surface area contributed by atoms with Crippen LogP contribution in [0.4, 0.5) is 5.82 Å². The molecule has 1 aliphatic heterocycles. The van der Waals surface area contributed by atoms with Crippen molar-refractivity contribution >= 4 is 64.7 Å². The van der Waals surface area contributed by atoms with Crippen molar-refractivity contribution in [2.24, 2.45) is 5.41 Å². The van der Waals surface area contributed by atoms with Crippen LogP contribution in [0.2, 0.25) is 0 Å². The number of aromatic nitrogens is 4. The van der Waals surface area contributed by atoms with Crippen LogP contribution in [0.15, 0.2) is 12.7 Å². The van der Waals surface area contributed by atoms with E-state index in [4.69, 9.17) is 25.6 Å². The van der Waals surface area contributed by atoms with Crippen molar-refractivity contribution in [2.75, 3.05) is 32.0 Å². The summed E-state index contributed by atoms with van der Waals surface area (Å²) in [5, 5.41) is 42.5. The number of anilines is 1. The molecule has 1 saturated heterocycles. The molecule has 7 unspecified atom stereocenters. The van der Waals surface area contributed by atoms with E-state index in [0.717, 1.165) is 17.2 Å². The third kappa shape index (κ3) is 18.6. The Labute approximate surface area is 343 Å². The lowest BCUT2D eigenvalue weighted by atomic mass is 9.87. The second-order valence-electron chi connectivity index (χ2n) is 12.5. The van der Waals surface area contributed by atoms with Gasteiger partial charge in [0, 0.05) is 31.3 Å². The maximum absolute atomic E-state index is 12.5. The van der Waals surface area contributed by atoms with Gasteiger partial charge in [-0.2, -0.15) is 0 Å². The minimum absolute atomic E-state index is 0.0237. The lowest BCUT2D eigenvalue weighted by molar-refractivity contribution is -0.652. The van der Waals surface area contributed by atoms with E-state index < -0.39 is 84.1 Å². The first-order valence-corrected chi connectivity index (χ1v) is 21.9. The van der Waals surface area contributed by atoms with E-state index >= 15 is 0 Å². The Bertz CT molecular complexity index is 1830. The molecule has 28 nitrogen and oxygen atoms in total. The number of hydrogen-bond acceptors (Lipinski definition) is 24. The SMILES string of the molecule is CC.CCC(=O)O.CCCNC(=O)CCNC(=O)C(O)C(C)(C)COP(=O)([O-])OP(=O)([O-])OCC1OC(C)(n2cnc3c(N)ncnc32)C(O)C1OP(=O)([O-])[O-].O=CO[O-]. The second-order valence-corrected chi connectivity index (χ2v) is 16.5. The van der Waals surface area contributed by atoms with Crippen molar-refractivity contribution in [3.8, 4) is 0 Å². The number of nitrogens with zero attached hydrogens (tertiary/aromatic N) is 4. The lowest BCUT2D eigenvalue weighted by Crippen LogP contribution is -2.46. The molecule has 3 heterocycles. The molecule has 60 heavy (non-hydrogen) atoms. The molecule has 0 radical (unpaired) electrons. The fourth-order valence-electron chi connectivity index (χ4n) is 4.49. The number of carbonyl (C=O) groups excluding carboxylic acids is 3. The summed E-state index contributed by atoms with van der Waals surface area (Å²) in [7, 11) is -17.6. The van der Waals surface area contributed by atoms with Gasteiger partial charge < -0.3 is 84.3 Å². The Balaban J connectivity index is 0.00000282. The molecule has 2 aromatic heterocycles. The summed E-state index contributed by atoms with van der Waals surface area (Å²) in [6.45, 7) is 8.94. The molecule has 0 aromatic carbocycles. The zero-order valence-corrected chi connectivity index (χ0v) is 36.1. The number of carboxylic acid groups (broad SMARTS) is 1. The Morgan fingerprint density at radius 3 is 2.15 bits per heavy atom. The van der Waals surface area contributed by atoms with E-state index in [2.05, 4.69) is 48.4 Å². The van der Waals surface area contributed by atoms with Crippen LogP contribution in [-0.4, -0.2) is 110 Å². The number of aliphatic carboxylic acids is 1. The lowest BCUT2D eigenvalue weighted by Gasteiger charge is -2.36. The number of aliphatic hydroxyl groups is 2. The minimum Gasteiger partial charge on any atom is -0.790 e. The molecule has 0 spiro atoms. The van der Waals surface area contributed by atoms with Crippen molar-refractivity contribution in [3.63, 3.8) is 0 Å². The molecular formula is C29H49N7O21P3-5. The molecule has 7 N–H and O–H groups in total. The van der Waals surface area contributed by atoms with Gasteiger partial charge in [0.25, 0.3) is 22.1 Å². The zero-order valence-electron chi connectivity index (χ0n) is 33.4. The van der Waals surface area contributed by atoms with Gasteiger partial charge in [0.15, 0.2) is 17.2 Å². The highest BCUT2D eigenvalue weighted by Gasteiger charge is 2.55. The Kier molecular flexibility index (Phi) is 23.9. The standard InChI is InChI=1S/C23H40N7O16P3.C3H6O2.C2H6.CH2O3/c1-5-7-25-14(31)6-8-26-21(34)18(33)22(2,3)10-43-49(40,41)46-48(38,39)42-9-13-16(45-47(35,36)37)17(32)23(4,44-13)30-12-29-15-19(24)27-11-28-20(15)30;1-2-3(4)5;1-2;2-1-4-3/h11-13,16-18,32-33H,5-10H2,1-4H3,(H,25,31)(H,26,34)(H,38,39)(H,40,41)(H2,24,27,28)(H2,35,36,37);2H2,1H3,(H,4,5);1-2H3;1,3H/p-5. The van der Waals surface area contributed by atoms with E-state index in [1.54, 1.807) is 6.92 Å². The highest BCUT2D eigenvalue weighted by molar-refractivity contribution is 7.59. The fourth-order valence-corrected chi connectivity index (χ4v) is 7.22. The van der Waals surface area contributed by atoms with Crippen LogP contribution in [0.1, 0.15) is 67.7 Å². The van der Waals surface area contributed by atoms with E-state index in [-0.39, 0.29) is 48.7 Å². The summed E-state index contributed by atoms with van der Waals surface area (Å²) in [6, 6.07) is 0. The van der Waals surface area contributed by atoms with Crippen LogP contribution >= 0.6 is 23.5 Å². The molecule has 2 amide bonds. The minimum atomic E-state index is -5.90. The molecule has 7 atom stereocenters. The summed E-state index contributed by atoms with van der Waals surface area (Å²) in [5.41, 5.74) is 2.09. The molecule has 1 fully saturated rings. The monoisotopic (exact) mass is 924 g/mol. The first kappa shape index (κ1) is 56.4. The average Bonchev–Trinajstić information content (AvgIpc) is 3.72. The van der Waals surface area contributed by atoms with Gasteiger partial charge in [-0.1, -0.05) is 41.5 Å². The van der Waals surface area contributed by atoms with Gasteiger partial charge >= 0.3 is 5.97 Å². The Morgan fingerprint density at radius 1 is 1.07 bits per heavy atom. The van der Waals surface area contributed by atoms with Gasteiger partial charge in [-0.3, -0.25) is 32.9 Å². The number of nitrogens with one attached hydrogen (secondary N) is 2. The molecule has 346 valence electrons. The maximum Gasteiger partial charge on any atom is 0.303 e. The molecule has 0 saturated carbocycles. The largest absolute Gasteiger partial charge is 0.790 e. The predicted molar refractivity (Wildman–Crippen MR) is 192 cm³/mol. The Hall–Kier alpha value is -3.56. The number of imidazole rings is 1. The number of ether oxygens (including phenoxy) is 1. The molecule has 31 heteroatoms. The smallest absolute Gasteiger partial charge is 0.303 e. The van der Waals surface area contributed by atoms with Crippen molar-refractivity contribution in [1.82, 2.24) is 30.2 Å². The molecule has 0 aliphatic carbocycles. The van der Waals surface area contributed by atoms with E-state index in [9.17, 15) is 57.9 Å². The van der Waals surface area contributed by atoms with Gasteiger partial charge in [0.05, 0.1) is 27.4 Å². The van der Waals surface area contributed by atoms with Gasteiger partial charge in [0.2, 0.25) is 11.8 Å². The van der Waals surface area contributed by atoms with Gasteiger partial charge in [0.1, 0.15) is 36.3 Å². The summed E-state index contributed by atoms with van der Waals surface area (Å²) < 4.78 is 60.7. The highest BCUT2D eigenvalue weighted by Crippen LogP contribution is 2.56. The molecule has 3 rings (SSSR count). The number of aliphatic hydroxyl groups excluding tert-OH is 2. The van der Waals surface area contributed by atoms with E-state index in [0.29, 0.717) is 13.0 Å². The topological polar surface area (TPSA) is 445 Å². The first-order valence-electron chi connectivity index (χ1n) is 17.5. The number of hydrogen-bond donors (Lipinski definition) is 6. The molecule has 2 aromatic rings. The molecular weight excluding hydrogens is 875 g/mol. The van der Waals surface area contributed by atoms with Crippen LogP contribution in [-0.2, 0) is 66.1 Å². The number of amides is 2. The van der Waals surface area contributed by atoms with Crippen LogP contribution in [0, 0.1) is 5.41 Å². The van der Waals surface area contributed by atoms with Crippen LogP contribution in [0.25, 0.3) is 11.2 Å². The first-order chi connectivity index (χ1) is 27.7. The zero-order chi connectivity index (χ0) is 46.7. The number of carboxylic acids is 1. The number of phosphoric ester groups is 3. The van der Waals surface area contributed by atoms with E-state index in [1.165, 1.54) is 20.8 Å². The summed E-state index contributed by atoms with van der Waals surface area (Å²) in [4.78, 5) is 104. The maximum atomic E-state index is 12.5. The van der Waals surface area contributed by atoms with Crippen LogP contribution in [0.3, 0.4) is 0 Å². The predicted octanol–water partition coefficient (Wildman–Crippen LogP) is -3.60. The summed E-state index contributed by atoms with van der Waals surface area (Å²) in [5.74, 6) is -2.14. The van der Waals surface area contributed by atoms with Crippen molar-refractivity contribution < 1.29 is 101 Å². The number of carbonyl (C=O) groups is 4. The fraction of sp³-hybridized carbons (Fsp3) is 0.690. The van der Waals surface area contributed by atoms with Crippen molar-refractivity contribution in [2.45, 2.75) is 97.9 Å². The number of phosphoric acid groups is 3. The number of nitrogens with two attached hydrogens (primary N) is 1. The van der Waals surface area contributed by atoms with Crippen LogP contribution in [0.5, 0.6) is 0 Å². The van der Waals surface area contributed by atoms with Crippen molar-refractivity contribution in [3.05, 3.63) is 12.7 Å². The van der Waals surface area contributed by atoms with Gasteiger partial charge in [-0.25, -0.2) is 19.3 Å².